The summed E-state index contributed by atoms with van der Waals surface area (Å²) >= 11 is 1.82. The molecule has 18 heavy (non-hydrogen) atoms. The summed E-state index contributed by atoms with van der Waals surface area (Å²) in [5, 5.41) is 4.37. The van der Waals surface area contributed by atoms with Crippen LogP contribution in [-0.4, -0.2) is 49.2 Å². The molecule has 5 heteroatoms. The van der Waals surface area contributed by atoms with E-state index in [-0.39, 0.29) is 0 Å². The summed E-state index contributed by atoms with van der Waals surface area (Å²) in [6, 6.07) is 0.705. The summed E-state index contributed by atoms with van der Waals surface area (Å²) in [6.07, 6.45) is 3.27. The van der Waals surface area contributed by atoms with Gasteiger partial charge >= 0.3 is 0 Å². The van der Waals surface area contributed by atoms with Gasteiger partial charge in [0.2, 0.25) is 0 Å². The van der Waals surface area contributed by atoms with Crippen LogP contribution in [0.4, 0.5) is 5.13 Å². The van der Waals surface area contributed by atoms with Gasteiger partial charge in [0.25, 0.3) is 0 Å². The Morgan fingerprint density at radius 2 is 2.28 bits per heavy atom. The highest BCUT2D eigenvalue weighted by atomic mass is 32.1. The summed E-state index contributed by atoms with van der Waals surface area (Å²) in [7, 11) is 1.98. The largest absolute Gasteiger partial charge is 0.346 e. The number of rotatable bonds is 6. The summed E-state index contributed by atoms with van der Waals surface area (Å²) in [4.78, 5) is 10.9. The van der Waals surface area contributed by atoms with E-state index in [0.29, 0.717) is 6.04 Å². The number of hydrogen-bond donors (Lipinski definition) is 1. The minimum atomic E-state index is 0.705. The van der Waals surface area contributed by atoms with Gasteiger partial charge in [0, 0.05) is 36.8 Å². The molecule has 0 saturated carbocycles. The highest BCUT2D eigenvalue weighted by Crippen LogP contribution is 2.27. The Bertz CT molecular complexity index is 362. The molecule has 1 aromatic rings. The first-order chi connectivity index (χ1) is 8.78. The molecule has 1 atom stereocenters. The van der Waals surface area contributed by atoms with Crippen molar-refractivity contribution in [1.29, 1.82) is 0 Å². The lowest BCUT2D eigenvalue weighted by molar-refractivity contribution is 0.232. The molecule has 2 heterocycles. The Morgan fingerprint density at radius 1 is 1.50 bits per heavy atom. The Morgan fingerprint density at radius 3 is 2.94 bits per heavy atom. The highest BCUT2D eigenvalue weighted by molar-refractivity contribution is 7.15. The highest BCUT2D eigenvalue weighted by Gasteiger charge is 2.27. The van der Waals surface area contributed by atoms with Gasteiger partial charge in [-0.3, -0.25) is 4.90 Å². The molecule has 1 N–H and O–H groups in total. The molecule has 0 aromatic carbocycles. The van der Waals surface area contributed by atoms with E-state index in [2.05, 4.69) is 33.9 Å². The lowest BCUT2D eigenvalue weighted by atomic mass is 10.2. The zero-order chi connectivity index (χ0) is 13.0. The lowest BCUT2D eigenvalue weighted by Gasteiger charge is -2.25. The van der Waals surface area contributed by atoms with Gasteiger partial charge in [-0.2, -0.15) is 0 Å². The Balaban J connectivity index is 1.95. The molecule has 0 bridgehead atoms. The lowest BCUT2D eigenvalue weighted by Crippen LogP contribution is -2.37. The molecule has 1 aliphatic heterocycles. The number of thiazole rings is 1. The first-order valence-corrected chi connectivity index (χ1v) is 7.68. The van der Waals surface area contributed by atoms with Crippen LogP contribution in [0, 0.1) is 0 Å². The first-order valence-electron chi connectivity index (χ1n) is 6.86. The quantitative estimate of drug-likeness (QED) is 0.852. The van der Waals surface area contributed by atoms with Gasteiger partial charge < -0.3 is 10.2 Å². The topological polar surface area (TPSA) is 31.4 Å². The average Bonchev–Trinajstić information content (AvgIpc) is 3.00. The van der Waals surface area contributed by atoms with Gasteiger partial charge in [-0.1, -0.05) is 13.8 Å². The van der Waals surface area contributed by atoms with E-state index in [4.69, 9.17) is 0 Å². The monoisotopic (exact) mass is 268 g/mol. The molecule has 0 aliphatic carbocycles. The Kier molecular flexibility index (Phi) is 4.97. The predicted octanol–water partition coefficient (Wildman–Crippen LogP) is 1.78. The maximum Gasteiger partial charge on any atom is 0.185 e. The molecule has 1 aromatic heterocycles. The average molecular weight is 268 g/mol. The van der Waals surface area contributed by atoms with E-state index in [0.717, 1.165) is 32.7 Å². The van der Waals surface area contributed by atoms with Crippen LogP contribution < -0.4 is 10.2 Å². The van der Waals surface area contributed by atoms with Crippen LogP contribution in [0.15, 0.2) is 6.20 Å². The van der Waals surface area contributed by atoms with Crippen LogP contribution >= 0.6 is 11.3 Å². The zero-order valence-electron chi connectivity index (χ0n) is 11.6. The number of anilines is 1. The molecule has 0 radical (unpaired) electrons. The van der Waals surface area contributed by atoms with Crippen LogP contribution in [0.1, 0.15) is 25.1 Å². The molecular formula is C13H24N4S. The second kappa shape index (κ2) is 6.50. The third kappa shape index (κ3) is 3.02. The summed E-state index contributed by atoms with van der Waals surface area (Å²) < 4.78 is 0. The molecule has 0 spiro atoms. The molecule has 1 aliphatic rings. The van der Waals surface area contributed by atoms with Crippen molar-refractivity contribution in [3.63, 3.8) is 0 Å². The van der Waals surface area contributed by atoms with Gasteiger partial charge in [0.1, 0.15) is 0 Å². The molecule has 1 unspecified atom stereocenters. The molecule has 102 valence electrons. The van der Waals surface area contributed by atoms with Crippen LogP contribution in [0.2, 0.25) is 0 Å². The fourth-order valence-electron chi connectivity index (χ4n) is 2.65. The van der Waals surface area contributed by atoms with Crippen LogP contribution in [0.3, 0.4) is 0 Å². The van der Waals surface area contributed by atoms with Crippen molar-refractivity contribution in [2.45, 2.75) is 32.9 Å². The standard InChI is InChI=1S/C13H24N4S/c1-4-16(5-2)11-6-7-17(10-11)13-15-9-12(18-13)8-14-3/h9,11,14H,4-8,10H2,1-3H3. The van der Waals surface area contributed by atoms with Crippen molar-refractivity contribution in [3.8, 4) is 0 Å². The zero-order valence-corrected chi connectivity index (χ0v) is 12.5. The molecule has 0 amide bonds. The van der Waals surface area contributed by atoms with Crippen molar-refractivity contribution >= 4 is 16.5 Å². The minimum Gasteiger partial charge on any atom is -0.346 e. The van der Waals surface area contributed by atoms with Crippen molar-refractivity contribution in [2.75, 3.05) is 38.1 Å². The fraction of sp³-hybridized carbons (Fsp3) is 0.769. The SMILES string of the molecule is CCN(CC)C1CCN(c2ncc(CNC)s2)C1. The molecule has 1 fully saturated rings. The predicted molar refractivity (Wildman–Crippen MR) is 78.4 cm³/mol. The van der Waals surface area contributed by atoms with Crippen molar-refractivity contribution in [1.82, 2.24) is 15.2 Å². The van der Waals surface area contributed by atoms with Crippen LogP contribution in [-0.2, 0) is 6.54 Å². The van der Waals surface area contributed by atoms with Gasteiger partial charge in [0.05, 0.1) is 0 Å². The van der Waals surface area contributed by atoms with Gasteiger partial charge in [-0.25, -0.2) is 4.98 Å². The number of aromatic nitrogens is 1. The molecular weight excluding hydrogens is 244 g/mol. The second-order valence-electron chi connectivity index (χ2n) is 4.75. The number of nitrogens with zero attached hydrogens (tertiary/aromatic N) is 3. The maximum absolute atomic E-state index is 4.55. The third-order valence-electron chi connectivity index (χ3n) is 3.66. The fourth-order valence-corrected chi connectivity index (χ4v) is 3.61. The molecule has 4 nitrogen and oxygen atoms in total. The summed E-state index contributed by atoms with van der Waals surface area (Å²) in [5.74, 6) is 0. The van der Waals surface area contributed by atoms with E-state index >= 15 is 0 Å². The maximum atomic E-state index is 4.55. The third-order valence-corrected chi connectivity index (χ3v) is 4.71. The number of nitrogens with one attached hydrogen (secondary N) is 1. The van der Waals surface area contributed by atoms with E-state index < -0.39 is 0 Å². The van der Waals surface area contributed by atoms with Crippen molar-refractivity contribution in [2.24, 2.45) is 0 Å². The van der Waals surface area contributed by atoms with Gasteiger partial charge in [-0.05, 0) is 26.6 Å². The minimum absolute atomic E-state index is 0.705. The smallest absolute Gasteiger partial charge is 0.185 e. The first kappa shape index (κ1) is 13.8. The van der Waals surface area contributed by atoms with Crippen LogP contribution in [0.25, 0.3) is 0 Å². The number of likely N-dealkylation sites (N-methyl/N-ethyl adjacent to an activating group) is 1. The Labute approximate surface area is 114 Å². The van der Waals surface area contributed by atoms with E-state index in [1.54, 1.807) is 0 Å². The summed E-state index contributed by atoms with van der Waals surface area (Å²) in [6.45, 7) is 10.0. The summed E-state index contributed by atoms with van der Waals surface area (Å²) in [5.41, 5.74) is 0. The number of hydrogen-bond acceptors (Lipinski definition) is 5. The normalized spacial score (nSPS) is 20.0. The van der Waals surface area contributed by atoms with Crippen molar-refractivity contribution in [3.05, 3.63) is 11.1 Å². The van der Waals surface area contributed by atoms with Crippen LogP contribution in [0.5, 0.6) is 0 Å². The van der Waals surface area contributed by atoms with Crippen molar-refractivity contribution < 1.29 is 0 Å². The molecule has 2 rings (SSSR count). The van der Waals surface area contributed by atoms with E-state index in [1.807, 2.05) is 24.6 Å². The Hall–Kier alpha value is -0.650. The van der Waals surface area contributed by atoms with Gasteiger partial charge in [0.15, 0.2) is 5.13 Å². The second-order valence-corrected chi connectivity index (χ2v) is 5.84. The van der Waals surface area contributed by atoms with E-state index in [1.165, 1.54) is 16.4 Å². The van der Waals surface area contributed by atoms with Gasteiger partial charge in [-0.15, -0.1) is 11.3 Å². The van der Waals surface area contributed by atoms with E-state index in [9.17, 15) is 0 Å². The molecule has 1 saturated heterocycles.